The summed E-state index contributed by atoms with van der Waals surface area (Å²) in [4.78, 5) is 0. The molecule has 4 nitrogen and oxygen atoms in total. The summed E-state index contributed by atoms with van der Waals surface area (Å²) >= 11 is 0. The minimum Gasteiger partial charge on any atom is -0.490 e. The van der Waals surface area contributed by atoms with Gasteiger partial charge in [-0.05, 0) is 17.9 Å². The molecule has 21 heavy (non-hydrogen) atoms. The van der Waals surface area contributed by atoms with E-state index in [1.165, 1.54) is 0 Å². The Kier molecular flexibility index (Phi) is 5.99. The van der Waals surface area contributed by atoms with Crippen LogP contribution in [-0.2, 0) is 0 Å². The van der Waals surface area contributed by atoms with Gasteiger partial charge in [0.2, 0.25) is 0 Å². The van der Waals surface area contributed by atoms with Gasteiger partial charge in [-0.1, -0.05) is 43.3 Å². The van der Waals surface area contributed by atoms with Gasteiger partial charge in [-0.3, -0.25) is 0 Å². The summed E-state index contributed by atoms with van der Waals surface area (Å²) < 4.78 is 5.73. The highest BCUT2D eigenvalue weighted by atomic mass is 16.5. The molecule has 3 N–H and O–H groups in total. The average molecular weight is 289 g/mol. The number of nitrogens with one attached hydrogen (secondary N) is 1. The number of hydrogen-bond donors (Lipinski definition) is 3. The summed E-state index contributed by atoms with van der Waals surface area (Å²) in [6.45, 7) is 2.70. The molecule has 4 heteroatoms. The summed E-state index contributed by atoms with van der Waals surface area (Å²) in [5.41, 5.74) is 0. The third-order valence-electron chi connectivity index (χ3n) is 3.54. The van der Waals surface area contributed by atoms with Gasteiger partial charge in [0.15, 0.2) is 0 Å². The second kappa shape index (κ2) is 7.98. The highest BCUT2D eigenvalue weighted by molar-refractivity contribution is 5.88. The van der Waals surface area contributed by atoms with Crippen LogP contribution in [0.2, 0.25) is 0 Å². The van der Waals surface area contributed by atoms with Crippen LogP contribution in [0.3, 0.4) is 0 Å². The van der Waals surface area contributed by atoms with E-state index in [1.54, 1.807) is 0 Å². The molecule has 0 spiro atoms. The van der Waals surface area contributed by atoms with E-state index in [1.807, 2.05) is 49.4 Å². The number of aliphatic hydroxyl groups excluding tert-OH is 2. The molecule has 0 aromatic heterocycles. The Balaban J connectivity index is 1.89. The van der Waals surface area contributed by atoms with Crippen LogP contribution in [-0.4, -0.2) is 42.1 Å². The van der Waals surface area contributed by atoms with Crippen LogP contribution < -0.4 is 10.1 Å². The van der Waals surface area contributed by atoms with Gasteiger partial charge in [0.1, 0.15) is 18.5 Å². The number of fused-ring (bicyclic) bond motifs is 1. The SMILES string of the molecule is CC[C@H](CO)NC[C@@H](O)COc1cccc2ccccc12. The molecule has 0 unspecified atom stereocenters. The zero-order valence-electron chi connectivity index (χ0n) is 12.3. The zero-order valence-corrected chi connectivity index (χ0v) is 12.3. The van der Waals surface area contributed by atoms with Gasteiger partial charge < -0.3 is 20.3 Å². The molecule has 2 rings (SSSR count). The first-order valence-electron chi connectivity index (χ1n) is 7.37. The van der Waals surface area contributed by atoms with E-state index in [0.717, 1.165) is 22.9 Å². The van der Waals surface area contributed by atoms with Crippen molar-refractivity contribution >= 4 is 10.8 Å². The van der Waals surface area contributed by atoms with E-state index in [4.69, 9.17) is 9.84 Å². The summed E-state index contributed by atoms with van der Waals surface area (Å²) in [5, 5.41) is 24.3. The third-order valence-corrected chi connectivity index (χ3v) is 3.54. The maximum absolute atomic E-state index is 9.95. The topological polar surface area (TPSA) is 61.7 Å². The predicted molar refractivity (Wildman–Crippen MR) is 84.6 cm³/mol. The number of aliphatic hydroxyl groups is 2. The summed E-state index contributed by atoms with van der Waals surface area (Å²) in [6, 6.07) is 13.9. The average Bonchev–Trinajstić information content (AvgIpc) is 2.53. The van der Waals surface area contributed by atoms with Crippen LogP contribution >= 0.6 is 0 Å². The largest absolute Gasteiger partial charge is 0.490 e. The minimum absolute atomic E-state index is 0.0252. The standard InChI is InChI=1S/C17H23NO3/c1-2-14(11-19)18-10-15(20)12-21-17-9-5-7-13-6-3-4-8-16(13)17/h3-9,14-15,18-20H,2,10-12H2,1H3/t14-,15-/m1/s1. The lowest BCUT2D eigenvalue weighted by atomic mass is 10.1. The number of rotatable bonds is 8. The Morgan fingerprint density at radius 1 is 1.14 bits per heavy atom. The first-order chi connectivity index (χ1) is 10.2. The lowest BCUT2D eigenvalue weighted by molar-refractivity contribution is 0.100. The maximum atomic E-state index is 9.95. The van der Waals surface area contributed by atoms with Crippen molar-refractivity contribution in [1.29, 1.82) is 0 Å². The molecule has 0 fully saturated rings. The van der Waals surface area contributed by atoms with Gasteiger partial charge in [-0.2, -0.15) is 0 Å². The zero-order chi connectivity index (χ0) is 15.1. The lowest BCUT2D eigenvalue weighted by Gasteiger charge is -2.18. The quantitative estimate of drug-likeness (QED) is 0.695. The van der Waals surface area contributed by atoms with Gasteiger partial charge in [0.25, 0.3) is 0 Å². The fraction of sp³-hybridized carbons (Fsp3) is 0.412. The van der Waals surface area contributed by atoms with Gasteiger partial charge in [-0.25, -0.2) is 0 Å². The lowest BCUT2D eigenvalue weighted by Crippen LogP contribution is -2.39. The minimum atomic E-state index is -0.607. The highest BCUT2D eigenvalue weighted by Crippen LogP contribution is 2.25. The van der Waals surface area contributed by atoms with Crippen molar-refractivity contribution in [3.05, 3.63) is 42.5 Å². The van der Waals surface area contributed by atoms with Crippen LogP contribution in [0.5, 0.6) is 5.75 Å². The summed E-state index contributed by atoms with van der Waals surface area (Å²) in [6.07, 6.45) is 0.220. The molecular weight excluding hydrogens is 266 g/mol. The van der Waals surface area contributed by atoms with Crippen molar-refractivity contribution in [2.45, 2.75) is 25.5 Å². The second-order valence-corrected chi connectivity index (χ2v) is 5.14. The van der Waals surface area contributed by atoms with E-state index >= 15 is 0 Å². The van der Waals surface area contributed by atoms with Gasteiger partial charge >= 0.3 is 0 Å². The molecular formula is C17H23NO3. The van der Waals surface area contributed by atoms with Crippen LogP contribution in [0.25, 0.3) is 10.8 Å². The molecule has 0 aliphatic carbocycles. The molecule has 0 heterocycles. The Bertz CT molecular complexity index is 549. The molecule has 114 valence electrons. The first kappa shape index (κ1) is 15.8. The van der Waals surface area contributed by atoms with E-state index in [9.17, 15) is 5.11 Å². The second-order valence-electron chi connectivity index (χ2n) is 5.14. The molecule has 0 saturated heterocycles. The Morgan fingerprint density at radius 3 is 2.67 bits per heavy atom. The Labute approximate surface area is 125 Å². The fourth-order valence-electron chi connectivity index (χ4n) is 2.21. The third kappa shape index (κ3) is 4.43. The predicted octanol–water partition coefficient (Wildman–Crippen LogP) is 1.94. The smallest absolute Gasteiger partial charge is 0.127 e. The fourth-order valence-corrected chi connectivity index (χ4v) is 2.21. The van der Waals surface area contributed by atoms with E-state index < -0.39 is 6.10 Å². The molecule has 2 aromatic rings. The van der Waals surface area contributed by atoms with Crippen molar-refractivity contribution in [3.8, 4) is 5.75 Å². The maximum Gasteiger partial charge on any atom is 0.127 e. The van der Waals surface area contributed by atoms with Crippen molar-refractivity contribution in [2.75, 3.05) is 19.8 Å². The Hall–Kier alpha value is -1.62. The van der Waals surface area contributed by atoms with Crippen LogP contribution in [0.1, 0.15) is 13.3 Å². The van der Waals surface area contributed by atoms with Crippen molar-refractivity contribution in [1.82, 2.24) is 5.32 Å². The number of ether oxygens (including phenoxy) is 1. The van der Waals surface area contributed by atoms with Crippen LogP contribution in [0, 0.1) is 0 Å². The molecule has 2 atom stereocenters. The van der Waals surface area contributed by atoms with Crippen molar-refractivity contribution in [3.63, 3.8) is 0 Å². The highest BCUT2D eigenvalue weighted by Gasteiger charge is 2.10. The molecule has 0 aliphatic rings. The number of benzene rings is 2. The normalized spacial score (nSPS) is 14.0. The summed E-state index contributed by atoms with van der Waals surface area (Å²) in [5.74, 6) is 0.779. The molecule has 0 aliphatic heterocycles. The van der Waals surface area contributed by atoms with Gasteiger partial charge in [-0.15, -0.1) is 0 Å². The monoisotopic (exact) mass is 289 g/mol. The van der Waals surface area contributed by atoms with E-state index in [-0.39, 0.29) is 19.3 Å². The van der Waals surface area contributed by atoms with Gasteiger partial charge in [0, 0.05) is 18.0 Å². The Morgan fingerprint density at radius 2 is 1.90 bits per heavy atom. The molecule has 2 aromatic carbocycles. The number of hydrogen-bond acceptors (Lipinski definition) is 4. The van der Waals surface area contributed by atoms with Crippen LogP contribution in [0.4, 0.5) is 0 Å². The van der Waals surface area contributed by atoms with Gasteiger partial charge in [0.05, 0.1) is 6.61 Å². The first-order valence-corrected chi connectivity index (χ1v) is 7.37. The van der Waals surface area contributed by atoms with E-state index in [2.05, 4.69) is 5.32 Å². The summed E-state index contributed by atoms with van der Waals surface area (Å²) in [7, 11) is 0. The van der Waals surface area contributed by atoms with Crippen molar-refractivity contribution < 1.29 is 14.9 Å². The van der Waals surface area contributed by atoms with Crippen molar-refractivity contribution in [2.24, 2.45) is 0 Å². The van der Waals surface area contributed by atoms with E-state index in [0.29, 0.717) is 6.54 Å². The molecule has 0 saturated carbocycles. The molecule has 0 amide bonds. The van der Waals surface area contributed by atoms with Crippen LogP contribution in [0.15, 0.2) is 42.5 Å². The molecule has 0 bridgehead atoms. The molecule has 0 radical (unpaired) electrons.